The lowest BCUT2D eigenvalue weighted by Crippen LogP contribution is -2.63. The second-order valence-electron chi connectivity index (χ2n) is 6.06. The van der Waals surface area contributed by atoms with Gasteiger partial charge in [0.15, 0.2) is 36.8 Å². The molecule has 10 nitrogen and oxygen atoms in total. The second kappa shape index (κ2) is 9.78. The molecule has 29 heavy (non-hydrogen) atoms. The van der Waals surface area contributed by atoms with Gasteiger partial charge in [0.05, 0.1) is 12.7 Å². The van der Waals surface area contributed by atoms with Gasteiger partial charge in [0, 0.05) is 13.8 Å². The molecule has 2 rings (SSSR count). The van der Waals surface area contributed by atoms with Crippen LogP contribution >= 0.6 is 0 Å². The maximum atomic E-state index is 12.6. The molecule has 1 aromatic carbocycles. The first-order valence-electron chi connectivity index (χ1n) is 8.57. The molecule has 0 amide bonds. The Morgan fingerprint density at radius 2 is 1.48 bits per heavy atom. The van der Waals surface area contributed by atoms with E-state index in [2.05, 4.69) is 4.74 Å². The molecule has 0 N–H and O–H groups in total. The van der Waals surface area contributed by atoms with Gasteiger partial charge in [-0.25, -0.2) is 9.59 Å². The van der Waals surface area contributed by atoms with Gasteiger partial charge in [-0.2, -0.15) is 0 Å². The van der Waals surface area contributed by atoms with Crippen LogP contribution in [0.2, 0.25) is 0 Å². The molecule has 0 saturated carbocycles. The van der Waals surface area contributed by atoms with Crippen LogP contribution < -0.4 is 0 Å². The van der Waals surface area contributed by atoms with Crippen LogP contribution in [-0.4, -0.2) is 67.8 Å². The number of carbonyl (C=O) groups is 5. The van der Waals surface area contributed by atoms with Crippen LogP contribution in [0, 0.1) is 0 Å². The van der Waals surface area contributed by atoms with Crippen LogP contribution in [0.15, 0.2) is 30.3 Å². The standard InChI is InChI=1S/C19H20O10/c1-10(21)26-14-13(9-20)28-17(19(24)25-3)16(27-11(2)22)15(14)29-18(23)12-7-5-4-6-8-12/h4-9,13-17H,1-3H3/t13-,14+,15+,16-,17-/m0/s1. The fraction of sp³-hybridized carbons (Fsp3) is 0.421. The number of methoxy groups -OCH3 is 1. The zero-order valence-electron chi connectivity index (χ0n) is 15.9. The number of hydrogen-bond acceptors (Lipinski definition) is 10. The van der Waals surface area contributed by atoms with E-state index in [0.29, 0.717) is 0 Å². The second-order valence-corrected chi connectivity index (χ2v) is 6.06. The topological polar surface area (TPSA) is 132 Å². The lowest BCUT2D eigenvalue weighted by Gasteiger charge is -2.42. The summed E-state index contributed by atoms with van der Waals surface area (Å²) in [6, 6.07) is 7.82. The van der Waals surface area contributed by atoms with E-state index in [1.807, 2.05) is 0 Å². The minimum Gasteiger partial charge on any atom is -0.467 e. The highest BCUT2D eigenvalue weighted by atomic mass is 16.7. The lowest BCUT2D eigenvalue weighted by molar-refractivity contribution is -0.236. The van der Waals surface area contributed by atoms with Crippen molar-refractivity contribution in [3.63, 3.8) is 0 Å². The third-order valence-corrected chi connectivity index (χ3v) is 4.00. The zero-order chi connectivity index (χ0) is 21.6. The fourth-order valence-electron chi connectivity index (χ4n) is 2.83. The first-order valence-corrected chi connectivity index (χ1v) is 8.57. The van der Waals surface area contributed by atoms with Gasteiger partial charge in [0.25, 0.3) is 0 Å². The Morgan fingerprint density at radius 1 is 0.897 bits per heavy atom. The predicted molar refractivity (Wildman–Crippen MR) is 93.5 cm³/mol. The van der Waals surface area contributed by atoms with Crippen molar-refractivity contribution in [3.8, 4) is 0 Å². The lowest BCUT2D eigenvalue weighted by atomic mass is 9.94. The summed E-state index contributed by atoms with van der Waals surface area (Å²) in [6.45, 7) is 2.14. The van der Waals surface area contributed by atoms with Gasteiger partial charge in [-0.3, -0.25) is 9.59 Å². The number of rotatable bonds is 6. The third kappa shape index (κ3) is 5.38. The summed E-state index contributed by atoms with van der Waals surface area (Å²) in [7, 11) is 1.07. The van der Waals surface area contributed by atoms with E-state index in [4.69, 9.17) is 18.9 Å². The van der Waals surface area contributed by atoms with Crippen LogP contribution in [-0.2, 0) is 42.9 Å². The monoisotopic (exact) mass is 408 g/mol. The molecular formula is C19H20O10. The number of carbonyl (C=O) groups excluding carboxylic acids is 5. The Balaban J connectivity index is 2.46. The molecule has 5 atom stereocenters. The van der Waals surface area contributed by atoms with Gasteiger partial charge in [-0.1, -0.05) is 18.2 Å². The van der Waals surface area contributed by atoms with Gasteiger partial charge in [-0.05, 0) is 12.1 Å². The number of esters is 4. The molecule has 1 aliphatic rings. The molecule has 0 spiro atoms. The summed E-state index contributed by atoms with van der Waals surface area (Å²) in [5.74, 6) is -3.44. The molecule has 1 aromatic rings. The zero-order valence-corrected chi connectivity index (χ0v) is 15.9. The number of benzene rings is 1. The van der Waals surface area contributed by atoms with Crippen molar-refractivity contribution in [2.75, 3.05) is 7.11 Å². The molecule has 0 bridgehead atoms. The Kier molecular flexibility index (Phi) is 7.43. The highest BCUT2D eigenvalue weighted by Crippen LogP contribution is 2.29. The highest BCUT2D eigenvalue weighted by Gasteiger charge is 2.54. The van der Waals surface area contributed by atoms with Crippen LogP contribution in [0.5, 0.6) is 0 Å². The molecule has 0 unspecified atom stereocenters. The van der Waals surface area contributed by atoms with E-state index in [-0.39, 0.29) is 11.8 Å². The maximum Gasteiger partial charge on any atom is 0.339 e. The van der Waals surface area contributed by atoms with Crippen LogP contribution in [0.25, 0.3) is 0 Å². The number of ether oxygens (including phenoxy) is 5. The van der Waals surface area contributed by atoms with Crippen molar-refractivity contribution in [1.82, 2.24) is 0 Å². The number of hydrogen-bond donors (Lipinski definition) is 0. The molecule has 0 aromatic heterocycles. The van der Waals surface area contributed by atoms with Crippen molar-refractivity contribution in [2.24, 2.45) is 0 Å². The van der Waals surface area contributed by atoms with E-state index in [1.165, 1.54) is 12.1 Å². The maximum absolute atomic E-state index is 12.6. The SMILES string of the molecule is COC(=O)[C@H]1O[C@@H](C=O)[C@@H](OC(C)=O)[C@@H](OC(=O)c2ccccc2)[C@@H]1OC(C)=O. The van der Waals surface area contributed by atoms with E-state index >= 15 is 0 Å². The molecule has 1 saturated heterocycles. The van der Waals surface area contributed by atoms with E-state index in [1.54, 1.807) is 18.2 Å². The quantitative estimate of drug-likeness (QED) is 0.366. The summed E-state index contributed by atoms with van der Waals surface area (Å²) in [6.07, 6.45) is -7.25. The first-order chi connectivity index (χ1) is 13.8. The summed E-state index contributed by atoms with van der Waals surface area (Å²) in [5.41, 5.74) is 0.152. The molecule has 10 heteroatoms. The third-order valence-electron chi connectivity index (χ3n) is 4.00. The van der Waals surface area contributed by atoms with E-state index in [0.717, 1.165) is 21.0 Å². The van der Waals surface area contributed by atoms with Crippen molar-refractivity contribution in [2.45, 2.75) is 44.4 Å². The van der Waals surface area contributed by atoms with Gasteiger partial charge in [0.1, 0.15) is 0 Å². The van der Waals surface area contributed by atoms with Crippen LogP contribution in [0.3, 0.4) is 0 Å². The highest BCUT2D eigenvalue weighted by molar-refractivity contribution is 5.89. The Hall–Kier alpha value is -3.27. The fourth-order valence-corrected chi connectivity index (χ4v) is 2.83. The Morgan fingerprint density at radius 3 is 2.00 bits per heavy atom. The summed E-state index contributed by atoms with van der Waals surface area (Å²) in [5, 5.41) is 0. The normalized spacial score (nSPS) is 26.0. The van der Waals surface area contributed by atoms with Crippen molar-refractivity contribution < 1.29 is 47.7 Å². The van der Waals surface area contributed by atoms with Crippen LogP contribution in [0.4, 0.5) is 0 Å². The molecule has 0 aliphatic carbocycles. The molecule has 1 aliphatic heterocycles. The summed E-state index contributed by atoms with van der Waals surface area (Å²) < 4.78 is 25.6. The average Bonchev–Trinajstić information content (AvgIpc) is 2.69. The van der Waals surface area contributed by atoms with Crippen molar-refractivity contribution >= 4 is 30.2 Å². The largest absolute Gasteiger partial charge is 0.467 e. The van der Waals surface area contributed by atoms with Crippen molar-refractivity contribution in [3.05, 3.63) is 35.9 Å². The van der Waals surface area contributed by atoms with Gasteiger partial charge in [0.2, 0.25) is 0 Å². The van der Waals surface area contributed by atoms with Crippen LogP contribution in [0.1, 0.15) is 24.2 Å². The summed E-state index contributed by atoms with van der Waals surface area (Å²) in [4.78, 5) is 59.4. The van der Waals surface area contributed by atoms with E-state index in [9.17, 15) is 24.0 Å². The number of aldehydes is 1. The Bertz CT molecular complexity index is 774. The van der Waals surface area contributed by atoms with E-state index < -0.39 is 54.4 Å². The molecule has 156 valence electrons. The van der Waals surface area contributed by atoms with Gasteiger partial charge >= 0.3 is 23.9 Å². The smallest absolute Gasteiger partial charge is 0.339 e. The van der Waals surface area contributed by atoms with Gasteiger partial charge in [-0.15, -0.1) is 0 Å². The minimum atomic E-state index is -1.58. The average molecular weight is 408 g/mol. The Labute approximate surface area is 166 Å². The summed E-state index contributed by atoms with van der Waals surface area (Å²) >= 11 is 0. The first kappa shape index (κ1) is 22.0. The van der Waals surface area contributed by atoms with Crippen molar-refractivity contribution in [1.29, 1.82) is 0 Å². The molecule has 0 radical (unpaired) electrons. The van der Waals surface area contributed by atoms with Gasteiger partial charge < -0.3 is 28.5 Å². The predicted octanol–water partition coefficient (Wildman–Crippen LogP) is 0.215. The molecule has 1 heterocycles. The molecular weight excluding hydrogens is 388 g/mol. The molecule has 1 fully saturated rings. The minimum absolute atomic E-state index is 0.152.